The highest BCUT2D eigenvalue weighted by Crippen LogP contribution is 2.36. The summed E-state index contributed by atoms with van der Waals surface area (Å²) in [6, 6.07) is 3.18. The Morgan fingerprint density at radius 1 is 1.08 bits per heavy atom. The predicted molar refractivity (Wildman–Crippen MR) is 90.5 cm³/mol. The van der Waals surface area contributed by atoms with E-state index in [1.54, 1.807) is 0 Å². The summed E-state index contributed by atoms with van der Waals surface area (Å²) in [5, 5.41) is 3.10. The van der Waals surface area contributed by atoms with E-state index in [1.165, 1.54) is 6.07 Å². The van der Waals surface area contributed by atoms with Crippen LogP contribution in [-0.2, 0) is 0 Å². The minimum Gasteiger partial charge on any atom is -0.406 e. The summed E-state index contributed by atoms with van der Waals surface area (Å²) in [4.78, 5) is 1.85. The lowest BCUT2D eigenvalue weighted by molar-refractivity contribution is -0.274. The second-order valence-electron chi connectivity index (χ2n) is 5.72. The highest BCUT2D eigenvalue weighted by atomic mass is 79.9. The molecule has 1 N–H and O–H groups in total. The van der Waals surface area contributed by atoms with Crippen molar-refractivity contribution in [1.29, 1.82) is 0 Å². The molecule has 0 bridgehead atoms. The lowest BCUT2D eigenvalue weighted by atomic mass is 9.99. The second-order valence-corrected chi connectivity index (χ2v) is 6.64. The average molecular weight is 472 g/mol. The fourth-order valence-corrected chi connectivity index (χ4v) is 3.31. The van der Waals surface area contributed by atoms with Crippen molar-refractivity contribution in [2.24, 2.45) is 0 Å². The topological polar surface area (TPSA) is 24.5 Å². The third kappa shape index (κ3) is 7.89. The Morgan fingerprint density at radius 2 is 1.69 bits per heavy atom. The van der Waals surface area contributed by atoms with Gasteiger partial charge in [0.15, 0.2) is 0 Å². The van der Waals surface area contributed by atoms with Crippen LogP contribution in [0.2, 0.25) is 0 Å². The smallest absolute Gasteiger partial charge is 0.406 e. The number of benzene rings is 1. The van der Waals surface area contributed by atoms with Crippen molar-refractivity contribution < 1.29 is 31.1 Å². The van der Waals surface area contributed by atoms with Crippen molar-refractivity contribution in [3.63, 3.8) is 0 Å². The molecule has 0 aliphatic carbocycles. The van der Waals surface area contributed by atoms with Crippen LogP contribution in [0.25, 0.3) is 0 Å². The standard InChI is InChI=1S/C15H17BrF6N2O.ClH/c16-11-7-10(8-12(9-11)25-15(20,21)22)13(1-2-14(17,18)19)24-5-3-23-4-6-24;/h7-9,13,23H,1-6H2;1H/t13-;/m0./s1. The Balaban J connectivity index is 0.00000338. The van der Waals surface area contributed by atoms with Gasteiger partial charge in [-0.3, -0.25) is 4.90 Å². The lowest BCUT2D eigenvalue weighted by Crippen LogP contribution is -2.45. The van der Waals surface area contributed by atoms with Crippen LogP contribution < -0.4 is 10.1 Å². The highest BCUT2D eigenvalue weighted by molar-refractivity contribution is 9.10. The van der Waals surface area contributed by atoms with Gasteiger partial charge in [-0.1, -0.05) is 15.9 Å². The maximum atomic E-state index is 12.7. The van der Waals surface area contributed by atoms with Crippen molar-refractivity contribution >= 4 is 28.3 Å². The maximum absolute atomic E-state index is 12.7. The van der Waals surface area contributed by atoms with Crippen molar-refractivity contribution in [2.45, 2.75) is 31.4 Å². The zero-order valence-electron chi connectivity index (χ0n) is 13.5. The molecule has 1 saturated heterocycles. The van der Waals surface area contributed by atoms with Crippen LogP contribution in [0.5, 0.6) is 5.75 Å². The molecule has 11 heteroatoms. The summed E-state index contributed by atoms with van der Waals surface area (Å²) < 4.78 is 79.6. The number of rotatable bonds is 5. The van der Waals surface area contributed by atoms with Gasteiger partial charge in [0.25, 0.3) is 0 Å². The van der Waals surface area contributed by atoms with Crippen LogP contribution in [-0.4, -0.2) is 43.6 Å². The van der Waals surface area contributed by atoms with E-state index in [0.29, 0.717) is 36.2 Å². The molecule has 1 aromatic rings. The number of halogens is 8. The van der Waals surface area contributed by atoms with Gasteiger partial charge in [0.05, 0.1) is 0 Å². The van der Waals surface area contributed by atoms with E-state index < -0.39 is 30.8 Å². The first-order valence-corrected chi connectivity index (χ1v) is 8.40. The van der Waals surface area contributed by atoms with Gasteiger partial charge in [-0.25, -0.2) is 0 Å². The summed E-state index contributed by atoms with van der Waals surface area (Å²) in [5.74, 6) is -0.455. The SMILES string of the molecule is Cl.FC(F)(F)CC[C@@H](c1cc(Br)cc(OC(F)(F)F)c1)N1CCNCC1. The molecule has 3 nitrogen and oxygen atoms in total. The molecule has 1 aromatic carbocycles. The molecular weight excluding hydrogens is 454 g/mol. The van der Waals surface area contributed by atoms with Gasteiger partial charge in [-0.15, -0.1) is 25.6 Å². The molecule has 0 amide bonds. The summed E-state index contributed by atoms with van der Waals surface area (Å²) >= 11 is 3.10. The number of hydrogen-bond acceptors (Lipinski definition) is 3. The van der Waals surface area contributed by atoms with Gasteiger partial charge >= 0.3 is 12.5 Å². The monoisotopic (exact) mass is 470 g/mol. The van der Waals surface area contributed by atoms with Crippen molar-refractivity contribution in [2.75, 3.05) is 26.2 Å². The number of nitrogens with one attached hydrogen (secondary N) is 1. The number of alkyl halides is 6. The molecule has 0 unspecified atom stereocenters. The van der Waals surface area contributed by atoms with E-state index in [2.05, 4.69) is 26.0 Å². The Bertz CT molecular complexity index is 578. The van der Waals surface area contributed by atoms with E-state index in [9.17, 15) is 26.3 Å². The number of nitrogens with zero attached hydrogens (tertiary/aromatic N) is 1. The van der Waals surface area contributed by atoms with Gasteiger partial charge in [0.1, 0.15) is 5.75 Å². The van der Waals surface area contributed by atoms with E-state index >= 15 is 0 Å². The molecule has 0 aromatic heterocycles. The zero-order valence-corrected chi connectivity index (χ0v) is 15.9. The minimum atomic E-state index is -4.87. The zero-order chi connectivity index (χ0) is 18.7. The largest absolute Gasteiger partial charge is 0.573 e. The molecule has 0 spiro atoms. The van der Waals surface area contributed by atoms with Crippen molar-refractivity contribution in [3.8, 4) is 5.75 Å². The van der Waals surface area contributed by atoms with E-state index in [0.717, 1.165) is 12.1 Å². The first-order chi connectivity index (χ1) is 11.5. The van der Waals surface area contributed by atoms with Crippen molar-refractivity contribution in [3.05, 3.63) is 28.2 Å². The maximum Gasteiger partial charge on any atom is 0.573 e. The molecule has 26 heavy (non-hydrogen) atoms. The van der Waals surface area contributed by atoms with Crippen LogP contribution >= 0.6 is 28.3 Å². The van der Waals surface area contributed by atoms with Crippen LogP contribution in [0.15, 0.2) is 22.7 Å². The Kier molecular flexibility index (Phi) is 8.50. The highest BCUT2D eigenvalue weighted by Gasteiger charge is 2.33. The molecule has 2 rings (SSSR count). The molecule has 1 fully saturated rings. The first kappa shape index (κ1) is 23.3. The molecule has 1 heterocycles. The van der Waals surface area contributed by atoms with Gasteiger partial charge in [0.2, 0.25) is 0 Å². The van der Waals surface area contributed by atoms with Gasteiger partial charge < -0.3 is 10.1 Å². The molecular formula is C15H18BrClF6N2O. The number of ether oxygens (including phenoxy) is 1. The average Bonchev–Trinajstić information content (AvgIpc) is 2.45. The third-order valence-corrected chi connectivity index (χ3v) is 4.26. The van der Waals surface area contributed by atoms with E-state index in [4.69, 9.17) is 0 Å². The summed E-state index contributed by atoms with van der Waals surface area (Å²) in [7, 11) is 0. The fourth-order valence-electron chi connectivity index (χ4n) is 2.82. The molecule has 0 saturated carbocycles. The van der Waals surface area contributed by atoms with E-state index in [-0.39, 0.29) is 18.8 Å². The fraction of sp³-hybridized carbons (Fsp3) is 0.600. The van der Waals surface area contributed by atoms with Gasteiger partial charge in [-0.2, -0.15) is 13.2 Å². The van der Waals surface area contributed by atoms with Crippen LogP contribution in [0.1, 0.15) is 24.4 Å². The molecule has 1 aliphatic rings. The predicted octanol–water partition coefficient (Wildman–Crippen LogP) is 5.06. The van der Waals surface area contributed by atoms with Crippen LogP contribution in [0, 0.1) is 0 Å². The minimum absolute atomic E-state index is 0. The van der Waals surface area contributed by atoms with E-state index in [1.807, 2.05) is 4.90 Å². The summed E-state index contributed by atoms with van der Waals surface area (Å²) in [6.07, 6.45) is -10.4. The quantitative estimate of drug-likeness (QED) is 0.608. The molecule has 1 aliphatic heterocycles. The Morgan fingerprint density at radius 3 is 2.23 bits per heavy atom. The van der Waals surface area contributed by atoms with Crippen molar-refractivity contribution in [1.82, 2.24) is 10.2 Å². The summed E-state index contributed by atoms with van der Waals surface area (Å²) in [6.45, 7) is 2.26. The second kappa shape index (κ2) is 9.48. The Labute approximate surface area is 161 Å². The van der Waals surface area contributed by atoms with Crippen LogP contribution in [0.4, 0.5) is 26.3 Å². The third-order valence-electron chi connectivity index (χ3n) is 3.81. The summed E-state index contributed by atoms with van der Waals surface area (Å²) in [5.41, 5.74) is 0.361. The van der Waals surface area contributed by atoms with Gasteiger partial charge in [-0.05, 0) is 30.2 Å². The normalized spacial score (nSPS) is 17.5. The number of hydrogen-bond donors (Lipinski definition) is 1. The molecule has 1 atom stereocenters. The van der Waals surface area contributed by atoms with Gasteiger partial charge in [0, 0.05) is 43.1 Å². The Hall–Kier alpha value is -0.710. The molecule has 0 radical (unpaired) electrons. The lowest BCUT2D eigenvalue weighted by Gasteiger charge is -2.35. The van der Waals surface area contributed by atoms with Crippen LogP contribution in [0.3, 0.4) is 0 Å². The first-order valence-electron chi connectivity index (χ1n) is 7.61. The number of piperazine rings is 1. The molecule has 150 valence electrons.